The zero-order valence-corrected chi connectivity index (χ0v) is 10.9. The number of carboxylic acid groups (broad SMARTS) is 1. The molecule has 0 aliphatic heterocycles. The van der Waals surface area contributed by atoms with Crippen LogP contribution in [0.3, 0.4) is 0 Å². The van der Waals surface area contributed by atoms with Crippen molar-refractivity contribution >= 4 is 5.97 Å². The second-order valence-corrected chi connectivity index (χ2v) is 4.82. The fourth-order valence-electron chi connectivity index (χ4n) is 2.56. The summed E-state index contributed by atoms with van der Waals surface area (Å²) in [6.07, 6.45) is 1.97. The quantitative estimate of drug-likeness (QED) is 0.872. The number of aliphatic carboxylic acids is 1. The average Bonchev–Trinajstić information content (AvgIpc) is 3.08. The summed E-state index contributed by atoms with van der Waals surface area (Å²) in [6, 6.07) is 3.82. The van der Waals surface area contributed by atoms with Crippen molar-refractivity contribution < 1.29 is 19.4 Å². The minimum absolute atomic E-state index is 0.162. The topological polar surface area (TPSA) is 55.8 Å². The van der Waals surface area contributed by atoms with Gasteiger partial charge in [0.1, 0.15) is 11.5 Å². The largest absolute Gasteiger partial charge is 0.496 e. The molecule has 1 aromatic rings. The maximum absolute atomic E-state index is 11.0. The maximum atomic E-state index is 11.0. The van der Waals surface area contributed by atoms with Crippen LogP contribution >= 0.6 is 0 Å². The van der Waals surface area contributed by atoms with Gasteiger partial charge in [-0.25, -0.2) is 0 Å². The van der Waals surface area contributed by atoms with Gasteiger partial charge in [0.15, 0.2) is 0 Å². The minimum Gasteiger partial charge on any atom is -0.496 e. The number of benzene rings is 1. The monoisotopic (exact) mass is 250 g/mol. The smallest absolute Gasteiger partial charge is 0.304 e. The lowest BCUT2D eigenvalue weighted by molar-refractivity contribution is -0.137. The number of carboxylic acids is 1. The summed E-state index contributed by atoms with van der Waals surface area (Å²) in [5.41, 5.74) is 1.67. The van der Waals surface area contributed by atoms with Crippen LogP contribution in [0.2, 0.25) is 0 Å². The molecule has 1 aliphatic rings. The van der Waals surface area contributed by atoms with Gasteiger partial charge in [-0.1, -0.05) is 6.07 Å². The minimum atomic E-state index is -0.761. The zero-order valence-electron chi connectivity index (χ0n) is 10.9. The summed E-state index contributed by atoms with van der Waals surface area (Å²) < 4.78 is 10.7. The molecule has 98 valence electrons. The van der Waals surface area contributed by atoms with Crippen molar-refractivity contribution in [3.05, 3.63) is 23.3 Å². The average molecular weight is 250 g/mol. The third kappa shape index (κ3) is 2.03. The second kappa shape index (κ2) is 4.52. The van der Waals surface area contributed by atoms with E-state index in [0.29, 0.717) is 0 Å². The van der Waals surface area contributed by atoms with Crippen molar-refractivity contribution in [2.75, 3.05) is 14.2 Å². The number of methoxy groups -OCH3 is 2. The zero-order chi connectivity index (χ0) is 13.3. The van der Waals surface area contributed by atoms with E-state index in [1.807, 2.05) is 19.1 Å². The molecule has 0 saturated heterocycles. The van der Waals surface area contributed by atoms with E-state index in [9.17, 15) is 4.79 Å². The highest BCUT2D eigenvalue weighted by Crippen LogP contribution is 2.55. The van der Waals surface area contributed by atoms with E-state index < -0.39 is 5.97 Å². The standard InChI is InChI=1S/C14H18O4/c1-9-11(17-2)5-4-10(13(9)18-3)14(6-7-14)8-12(15)16/h4-5H,6-8H2,1-3H3,(H,15,16). The van der Waals surface area contributed by atoms with E-state index in [1.54, 1.807) is 14.2 Å². The van der Waals surface area contributed by atoms with Crippen molar-refractivity contribution in [3.8, 4) is 11.5 Å². The molecule has 0 bridgehead atoms. The molecule has 18 heavy (non-hydrogen) atoms. The van der Waals surface area contributed by atoms with Crippen LogP contribution < -0.4 is 9.47 Å². The lowest BCUT2D eigenvalue weighted by Gasteiger charge is -2.20. The molecular weight excluding hydrogens is 232 g/mol. The lowest BCUT2D eigenvalue weighted by atomic mass is 9.90. The molecule has 0 aromatic heterocycles. The molecule has 0 atom stereocenters. The normalized spacial score (nSPS) is 16.2. The number of carbonyl (C=O) groups is 1. The summed E-state index contributed by atoms with van der Waals surface area (Å²) in [7, 11) is 3.23. The third-order valence-corrected chi connectivity index (χ3v) is 3.69. The van der Waals surface area contributed by atoms with Crippen molar-refractivity contribution in [2.45, 2.75) is 31.6 Å². The summed E-state index contributed by atoms with van der Waals surface area (Å²) >= 11 is 0. The van der Waals surface area contributed by atoms with Gasteiger partial charge in [-0.3, -0.25) is 4.79 Å². The molecule has 1 aliphatic carbocycles. The highest BCUT2D eigenvalue weighted by molar-refractivity contribution is 5.71. The molecule has 0 amide bonds. The SMILES string of the molecule is COc1ccc(C2(CC(=O)O)CC2)c(OC)c1C. The lowest BCUT2D eigenvalue weighted by Crippen LogP contribution is -2.14. The molecule has 4 nitrogen and oxygen atoms in total. The van der Waals surface area contributed by atoms with Crippen molar-refractivity contribution in [1.29, 1.82) is 0 Å². The number of hydrogen-bond acceptors (Lipinski definition) is 3. The maximum Gasteiger partial charge on any atom is 0.304 e. The highest BCUT2D eigenvalue weighted by Gasteiger charge is 2.48. The Bertz CT molecular complexity index is 475. The second-order valence-electron chi connectivity index (χ2n) is 4.82. The van der Waals surface area contributed by atoms with Gasteiger partial charge in [-0.2, -0.15) is 0 Å². The van der Waals surface area contributed by atoms with E-state index in [2.05, 4.69) is 0 Å². The molecule has 0 heterocycles. The van der Waals surface area contributed by atoms with Crippen molar-refractivity contribution in [3.63, 3.8) is 0 Å². The molecule has 1 N–H and O–H groups in total. The Balaban J connectivity index is 2.45. The van der Waals surface area contributed by atoms with E-state index in [1.165, 1.54) is 0 Å². The van der Waals surface area contributed by atoms with Crippen LogP contribution in [0.15, 0.2) is 12.1 Å². The first kappa shape index (κ1) is 12.7. The fourth-order valence-corrected chi connectivity index (χ4v) is 2.56. The highest BCUT2D eigenvalue weighted by atomic mass is 16.5. The van der Waals surface area contributed by atoms with E-state index in [4.69, 9.17) is 14.6 Å². The first-order valence-corrected chi connectivity index (χ1v) is 5.98. The molecule has 1 aromatic carbocycles. The van der Waals surface area contributed by atoms with Crippen LogP contribution in [0.25, 0.3) is 0 Å². The molecule has 1 fully saturated rings. The summed E-state index contributed by atoms with van der Waals surface area (Å²) in [6.45, 7) is 1.93. The molecule has 0 unspecified atom stereocenters. The third-order valence-electron chi connectivity index (χ3n) is 3.69. The van der Waals surface area contributed by atoms with Gasteiger partial charge in [-0.05, 0) is 25.8 Å². The predicted octanol–water partition coefficient (Wildman–Crippen LogP) is 2.52. The fraction of sp³-hybridized carbons (Fsp3) is 0.500. The molecule has 0 radical (unpaired) electrons. The van der Waals surface area contributed by atoms with Crippen LogP contribution in [-0.4, -0.2) is 25.3 Å². The van der Waals surface area contributed by atoms with Gasteiger partial charge in [-0.15, -0.1) is 0 Å². The first-order chi connectivity index (χ1) is 8.54. The summed E-state index contributed by atoms with van der Waals surface area (Å²) in [4.78, 5) is 11.0. The van der Waals surface area contributed by atoms with Crippen LogP contribution in [0.5, 0.6) is 11.5 Å². The van der Waals surface area contributed by atoms with E-state index in [-0.39, 0.29) is 11.8 Å². The van der Waals surface area contributed by atoms with Gasteiger partial charge in [0.2, 0.25) is 0 Å². The van der Waals surface area contributed by atoms with Crippen LogP contribution in [-0.2, 0) is 10.2 Å². The van der Waals surface area contributed by atoms with Gasteiger partial charge in [0.05, 0.1) is 20.6 Å². The van der Waals surface area contributed by atoms with Gasteiger partial charge in [0, 0.05) is 16.5 Å². The Morgan fingerprint density at radius 1 is 1.33 bits per heavy atom. The van der Waals surface area contributed by atoms with Crippen LogP contribution in [0.4, 0.5) is 0 Å². The Kier molecular flexibility index (Phi) is 3.20. The van der Waals surface area contributed by atoms with E-state index in [0.717, 1.165) is 35.5 Å². The van der Waals surface area contributed by atoms with Crippen LogP contribution in [0.1, 0.15) is 30.4 Å². The molecule has 0 spiro atoms. The van der Waals surface area contributed by atoms with Gasteiger partial charge < -0.3 is 14.6 Å². The molecular formula is C14H18O4. The Morgan fingerprint density at radius 3 is 2.44 bits per heavy atom. The Hall–Kier alpha value is -1.71. The van der Waals surface area contributed by atoms with Gasteiger partial charge in [0.25, 0.3) is 0 Å². The summed E-state index contributed by atoms with van der Waals surface area (Å²) in [5.74, 6) is 0.762. The first-order valence-electron chi connectivity index (χ1n) is 5.98. The molecule has 4 heteroatoms. The van der Waals surface area contributed by atoms with Crippen molar-refractivity contribution in [1.82, 2.24) is 0 Å². The van der Waals surface area contributed by atoms with Crippen molar-refractivity contribution in [2.24, 2.45) is 0 Å². The van der Waals surface area contributed by atoms with E-state index >= 15 is 0 Å². The summed E-state index contributed by atoms with van der Waals surface area (Å²) in [5, 5.41) is 9.02. The number of rotatable bonds is 5. The Morgan fingerprint density at radius 2 is 2.00 bits per heavy atom. The molecule has 2 rings (SSSR count). The van der Waals surface area contributed by atoms with Gasteiger partial charge >= 0.3 is 5.97 Å². The predicted molar refractivity (Wildman–Crippen MR) is 67.4 cm³/mol. The number of hydrogen-bond donors (Lipinski definition) is 1. The Labute approximate surface area is 107 Å². The van der Waals surface area contributed by atoms with Crippen LogP contribution in [0, 0.1) is 6.92 Å². The number of ether oxygens (including phenoxy) is 2. The molecule has 1 saturated carbocycles.